The zero-order chi connectivity index (χ0) is 56.6. The van der Waals surface area contributed by atoms with Gasteiger partial charge in [0, 0.05) is 12.8 Å². The number of carbonyl (C=O) groups is 2. The Morgan fingerprint density at radius 3 is 1.38 bits per heavy atom. The van der Waals surface area contributed by atoms with E-state index in [2.05, 4.69) is 67.8 Å². The number of rotatable bonds is 56. The summed E-state index contributed by atoms with van der Waals surface area (Å²) in [7, 11) is 0. The molecule has 1 aliphatic heterocycles. The Hall–Kier alpha value is -2.64. The van der Waals surface area contributed by atoms with Crippen LogP contribution in [-0.4, -0.2) is 100 Å². The number of hydrogen-bond donors (Lipinski definition) is 6. The maximum Gasteiger partial charge on any atom is 0.305 e. The Bertz CT molecular complexity index is 1480. The Kier molecular flexibility index (Phi) is 52.9. The van der Waals surface area contributed by atoms with Crippen molar-refractivity contribution in [1.82, 2.24) is 5.32 Å². The smallest absolute Gasteiger partial charge is 0.305 e. The molecule has 1 saturated heterocycles. The number of ether oxygens (including phenoxy) is 3. The molecule has 0 spiro atoms. The van der Waals surface area contributed by atoms with E-state index in [9.17, 15) is 35.1 Å². The number of nitrogens with one attached hydrogen (secondary N) is 1. The van der Waals surface area contributed by atoms with Crippen molar-refractivity contribution in [2.45, 2.75) is 333 Å². The summed E-state index contributed by atoms with van der Waals surface area (Å²) in [4.78, 5) is 25.0. The SMILES string of the molecule is CCCC/C=C\CCCCCCCC(=O)OCCCCCCCCCCC/C=C\C/C=C\CCCCCCCCCCCCCCCC(=O)NC(COC1OC(CO)C(O)C(O)C1O)C(O)/C=C/CC/C=C/CCCCCC. The number of carbonyl (C=O) groups excluding carboxylic acids is 2. The fourth-order valence-electron chi connectivity index (χ4n) is 9.87. The van der Waals surface area contributed by atoms with Crippen LogP contribution < -0.4 is 5.32 Å². The van der Waals surface area contributed by atoms with Crippen LogP contribution in [0.1, 0.15) is 290 Å². The highest BCUT2D eigenvalue weighted by Crippen LogP contribution is 2.23. The summed E-state index contributed by atoms with van der Waals surface area (Å²) in [5, 5.41) is 54.3. The Labute approximate surface area is 478 Å². The van der Waals surface area contributed by atoms with Crippen molar-refractivity contribution in [1.29, 1.82) is 0 Å². The number of aliphatic hydroxyl groups is 5. The average Bonchev–Trinajstić information content (AvgIpc) is 3.44. The molecule has 6 N–H and O–H groups in total. The van der Waals surface area contributed by atoms with Crippen LogP contribution in [0.5, 0.6) is 0 Å². The largest absolute Gasteiger partial charge is 0.466 e. The molecular formula is C67H121NO10. The lowest BCUT2D eigenvalue weighted by atomic mass is 9.99. The fraction of sp³-hybridized carbons (Fsp3) is 0.821. The van der Waals surface area contributed by atoms with Crippen molar-refractivity contribution in [3.8, 4) is 0 Å². The fourth-order valence-corrected chi connectivity index (χ4v) is 9.87. The molecular weight excluding hydrogens is 979 g/mol. The van der Waals surface area contributed by atoms with Gasteiger partial charge in [0.05, 0.1) is 32.0 Å². The van der Waals surface area contributed by atoms with E-state index in [0.717, 1.165) is 64.2 Å². The number of hydrogen-bond acceptors (Lipinski definition) is 10. The molecule has 1 aliphatic rings. The summed E-state index contributed by atoms with van der Waals surface area (Å²) in [5.41, 5.74) is 0. The molecule has 0 aromatic heterocycles. The molecule has 7 atom stereocenters. The lowest BCUT2D eigenvalue weighted by Crippen LogP contribution is -2.60. The third-order valence-electron chi connectivity index (χ3n) is 15.1. The van der Waals surface area contributed by atoms with Crippen molar-refractivity contribution in [3.63, 3.8) is 0 Å². The highest BCUT2D eigenvalue weighted by atomic mass is 16.7. The molecule has 1 rings (SSSR count). The maximum atomic E-state index is 13.0. The lowest BCUT2D eigenvalue weighted by Gasteiger charge is -2.40. The van der Waals surface area contributed by atoms with Gasteiger partial charge in [0.15, 0.2) is 6.29 Å². The molecule has 454 valence electrons. The summed E-state index contributed by atoms with van der Waals surface area (Å²) < 4.78 is 16.7. The Balaban J connectivity index is 1.99. The summed E-state index contributed by atoms with van der Waals surface area (Å²) in [6, 6.07) is -0.828. The topological polar surface area (TPSA) is 175 Å². The number of allylic oxidation sites excluding steroid dienone is 9. The highest BCUT2D eigenvalue weighted by molar-refractivity contribution is 5.76. The number of aliphatic hydroxyl groups excluding tert-OH is 5. The van der Waals surface area contributed by atoms with E-state index in [4.69, 9.17) is 14.2 Å². The summed E-state index contributed by atoms with van der Waals surface area (Å²) in [6.07, 6.45) is 63.5. The van der Waals surface area contributed by atoms with Gasteiger partial charge in [-0.1, -0.05) is 242 Å². The van der Waals surface area contributed by atoms with Gasteiger partial charge in [-0.3, -0.25) is 9.59 Å². The van der Waals surface area contributed by atoms with Gasteiger partial charge in [-0.05, 0) is 96.3 Å². The van der Waals surface area contributed by atoms with Gasteiger partial charge in [-0.15, -0.1) is 0 Å². The van der Waals surface area contributed by atoms with E-state index in [0.29, 0.717) is 19.4 Å². The second-order valence-corrected chi connectivity index (χ2v) is 22.4. The molecule has 0 radical (unpaired) electrons. The van der Waals surface area contributed by atoms with Crippen LogP contribution in [0.3, 0.4) is 0 Å². The van der Waals surface area contributed by atoms with E-state index >= 15 is 0 Å². The lowest BCUT2D eigenvalue weighted by molar-refractivity contribution is -0.302. The van der Waals surface area contributed by atoms with Gasteiger partial charge >= 0.3 is 5.97 Å². The van der Waals surface area contributed by atoms with Crippen molar-refractivity contribution >= 4 is 11.9 Å². The molecule has 0 bridgehead atoms. The highest BCUT2D eigenvalue weighted by Gasteiger charge is 2.44. The second-order valence-electron chi connectivity index (χ2n) is 22.4. The normalized spacial score (nSPS) is 18.9. The van der Waals surface area contributed by atoms with Gasteiger partial charge in [0.2, 0.25) is 5.91 Å². The molecule has 0 aromatic rings. The molecule has 1 heterocycles. The maximum absolute atomic E-state index is 13.0. The Morgan fingerprint density at radius 1 is 0.474 bits per heavy atom. The zero-order valence-electron chi connectivity index (χ0n) is 50.1. The Morgan fingerprint density at radius 2 is 0.885 bits per heavy atom. The van der Waals surface area contributed by atoms with E-state index in [1.165, 1.54) is 199 Å². The molecule has 78 heavy (non-hydrogen) atoms. The average molecular weight is 1100 g/mol. The molecule has 0 saturated carbocycles. The van der Waals surface area contributed by atoms with Crippen LogP contribution in [0, 0.1) is 0 Å². The third-order valence-corrected chi connectivity index (χ3v) is 15.1. The summed E-state index contributed by atoms with van der Waals surface area (Å²) in [5.74, 6) is -0.204. The number of amides is 1. The molecule has 11 nitrogen and oxygen atoms in total. The van der Waals surface area contributed by atoms with E-state index in [1.54, 1.807) is 6.08 Å². The minimum Gasteiger partial charge on any atom is -0.466 e. The van der Waals surface area contributed by atoms with Crippen molar-refractivity contribution in [2.75, 3.05) is 19.8 Å². The van der Waals surface area contributed by atoms with Crippen LogP contribution in [-0.2, 0) is 23.8 Å². The van der Waals surface area contributed by atoms with Crippen LogP contribution in [0.15, 0.2) is 60.8 Å². The van der Waals surface area contributed by atoms with Gasteiger partial charge in [-0.2, -0.15) is 0 Å². The first-order chi connectivity index (χ1) is 38.2. The van der Waals surface area contributed by atoms with E-state index in [-0.39, 0.29) is 18.5 Å². The third kappa shape index (κ3) is 45.0. The molecule has 1 fully saturated rings. The van der Waals surface area contributed by atoms with Crippen LogP contribution in [0.2, 0.25) is 0 Å². The van der Waals surface area contributed by atoms with Gasteiger partial charge < -0.3 is 45.1 Å². The minimum atomic E-state index is -1.58. The van der Waals surface area contributed by atoms with Gasteiger partial charge in [0.1, 0.15) is 24.4 Å². The number of esters is 1. The molecule has 0 aromatic carbocycles. The van der Waals surface area contributed by atoms with Gasteiger partial charge in [-0.25, -0.2) is 0 Å². The van der Waals surface area contributed by atoms with E-state index in [1.807, 2.05) is 6.08 Å². The van der Waals surface area contributed by atoms with Crippen molar-refractivity contribution in [2.24, 2.45) is 0 Å². The first kappa shape index (κ1) is 73.4. The van der Waals surface area contributed by atoms with Crippen molar-refractivity contribution in [3.05, 3.63) is 60.8 Å². The first-order valence-corrected chi connectivity index (χ1v) is 32.6. The summed E-state index contributed by atoms with van der Waals surface area (Å²) >= 11 is 0. The zero-order valence-corrected chi connectivity index (χ0v) is 50.1. The quantitative estimate of drug-likeness (QED) is 0.0195. The van der Waals surface area contributed by atoms with Crippen LogP contribution in [0.4, 0.5) is 0 Å². The standard InChI is InChI=1S/C67H121NO10/c1-3-5-7-9-11-13-34-39-43-47-51-55-63(72)76-56-52-48-44-40-36-33-31-29-27-25-23-21-19-17-15-16-18-20-22-24-26-28-30-32-35-38-42-46-50-54-62(71)68-59(58-77-67-66(75)65(74)64(73)61(57-69)78-67)60(70)53-49-45-41-37-14-12-10-8-6-4-2/h9,11,14-15,17,21,23,37,49,53,59-61,64-67,69-70,73-75H,3-8,10,12-13,16,18-20,22,24-36,38-48,50-52,54-58H2,1-2H3,(H,68,71)/b11-9-,17-15-,23-21-,37-14+,53-49+. The van der Waals surface area contributed by atoms with Crippen LogP contribution in [0.25, 0.3) is 0 Å². The first-order valence-electron chi connectivity index (χ1n) is 32.6. The predicted molar refractivity (Wildman–Crippen MR) is 324 cm³/mol. The van der Waals surface area contributed by atoms with E-state index < -0.39 is 49.5 Å². The van der Waals surface area contributed by atoms with Crippen LogP contribution >= 0.6 is 0 Å². The molecule has 0 aliphatic carbocycles. The van der Waals surface area contributed by atoms with Crippen molar-refractivity contribution < 1.29 is 49.3 Å². The summed E-state index contributed by atoms with van der Waals surface area (Å²) in [6.45, 7) is 4.26. The molecule has 7 unspecified atom stereocenters. The van der Waals surface area contributed by atoms with Gasteiger partial charge in [0.25, 0.3) is 0 Å². The number of unbranched alkanes of at least 4 members (excludes halogenated alkanes) is 34. The second kappa shape index (κ2) is 56.2. The molecule has 1 amide bonds. The monoisotopic (exact) mass is 1100 g/mol. The molecule has 11 heteroatoms. The minimum absolute atomic E-state index is 0.00873. The predicted octanol–water partition coefficient (Wildman–Crippen LogP) is 15.8.